The lowest BCUT2D eigenvalue weighted by Crippen LogP contribution is -2.47. The standard InChI is InChI=1S/C24H29N7O4/c1-2-35-24(34)16-6-7-18(26-15-16)30-13-11-29(12-14-30)9-4-10-31-21-20(27-28-31)23(33)19-17(22(21)32)5-3-8-25-19/h3,5-8,15,19,25,32-33H,2,4,9-14H2,1H3. The van der Waals surface area contributed by atoms with Crippen molar-refractivity contribution in [3.63, 3.8) is 0 Å². The van der Waals surface area contributed by atoms with Crippen molar-refractivity contribution in [2.75, 3.05) is 44.2 Å². The van der Waals surface area contributed by atoms with Gasteiger partial charge < -0.3 is 25.2 Å². The summed E-state index contributed by atoms with van der Waals surface area (Å²) in [4.78, 5) is 20.8. The number of carbonyl (C=O) groups is 1. The number of nitrogens with zero attached hydrogens (tertiary/aromatic N) is 6. The number of nitrogens with one attached hydrogen (secondary N) is 1. The minimum Gasteiger partial charge on any atom is -0.507 e. The van der Waals surface area contributed by atoms with E-state index in [1.165, 1.54) is 0 Å². The molecule has 3 N–H and O–H groups in total. The fraction of sp³-hybridized carbons (Fsp3) is 0.417. The lowest BCUT2D eigenvalue weighted by Gasteiger charge is -2.35. The second-order valence-electron chi connectivity index (χ2n) is 8.63. The number of esters is 1. The number of hydrogen-bond donors (Lipinski definition) is 3. The van der Waals surface area contributed by atoms with Gasteiger partial charge in [-0.15, -0.1) is 5.10 Å². The molecule has 0 saturated carbocycles. The van der Waals surface area contributed by atoms with Gasteiger partial charge in [0.15, 0.2) is 5.35 Å². The number of fused-ring (bicyclic) bond motifs is 2. The Labute approximate surface area is 202 Å². The number of carbonyl (C=O) groups excluding carboxylic acids is 1. The number of aromatic nitrogens is 4. The van der Waals surface area contributed by atoms with E-state index in [0.717, 1.165) is 45.0 Å². The van der Waals surface area contributed by atoms with Gasteiger partial charge in [0.1, 0.15) is 28.7 Å². The van der Waals surface area contributed by atoms with E-state index in [1.807, 2.05) is 6.07 Å². The van der Waals surface area contributed by atoms with Gasteiger partial charge in [-0.25, -0.2) is 14.5 Å². The Morgan fingerprint density at radius 3 is 2.77 bits per heavy atom. The Kier molecular flexibility index (Phi) is 6.41. The zero-order valence-electron chi connectivity index (χ0n) is 19.6. The summed E-state index contributed by atoms with van der Waals surface area (Å²) in [5, 5.41) is 33.5. The van der Waals surface area contributed by atoms with Gasteiger partial charge in [0, 0.05) is 51.0 Å². The number of pyridine rings is 1. The quantitative estimate of drug-likeness (QED) is 0.460. The fourth-order valence-corrected chi connectivity index (χ4v) is 4.63. The van der Waals surface area contributed by atoms with Crippen molar-refractivity contribution in [1.82, 2.24) is 30.2 Å². The Bertz CT molecular complexity index is 1270. The van der Waals surface area contributed by atoms with Crippen molar-refractivity contribution in [3.05, 3.63) is 58.5 Å². The van der Waals surface area contributed by atoms with Crippen LogP contribution >= 0.6 is 0 Å². The minimum absolute atomic E-state index is 0.0691. The molecule has 11 heteroatoms. The zero-order chi connectivity index (χ0) is 24.4. The van der Waals surface area contributed by atoms with Crippen LogP contribution in [0.1, 0.15) is 23.7 Å². The number of hydrogen-bond acceptors (Lipinski definition) is 10. The van der Waals surface area contributed by atoms with E-state index in [2.05, 4.69) is 30.4 Å². The maximum absolute atomic E-state index is 11.8. The molecule has 1 unspecified atom stereocenters. The second-order valence-corrected chi connectivity index (χ2v) is 8.63. The summed E-state index contributed by atoms with van der Waals surface area (Å²) in [6.07, 6.45) is 7.70. The molecule has 4 heterocycles. The Hall–Kier alpha value is -3.86. The van der Waals surface area contributed by atoms with E-state index in [4.69, 9.17) is 4.74 Å². The summed E-state index contributed by atoms with van der Waals surface area (Å²) < 4.78 is 6.68. The first-order chi connectivity index (χ1) is 17.1. The highest BCUT2D eigenvalue weighted by Crippen LogP contribution is 2.21. The predicted octanol–water partition coefficient (Wildman–Crippen LogP) is -0.180. The molecule has 3 aliphatic rings. The van der Waals surface area contributed by atoms with Gasteiger partial charge in [0.25, 0.3) is 0 Å². The molecule has 1 aliphatic carbocycles. The molecule has 35 heavy (non-hydrogen) atoms. The van der Waals surface area contributed by atoms with Crippen LogP contribution in [0.4, 0.5) is 5.82 Å². The molecule has 1 fully saturated rings. The molecule has 0 spiro atoms. The van der Waals surface area contributed by atoms with Gasteiger partial charge >= 0.3 is 5.97 Å². The smallest absolute Gasteiger partial charge is 0.339 e. The number of anilines is 1. The van der Waals surface area contributed by atoms with E-state index in [0.29, 0.717) is 35.0 Å². The summed E-state index contributed by atoms with van der Waals surface area (Å²) in [5.41, 5.74) is 1.07. The lowest BCUT2D eigenvalue weighted by atomic mass is 9.96. The van der Waals surface area contributed by atoms with Crippen molar-refractivity contribution in [2.45, 2.75) is 25.9 Å². The third kappa shape index (κ3) is 4.46. The highest BCUT2D eigenvalue weighted by Gasteiger charge is 2.30. The Balaban J connectivity index is 1.16. The normalized spacial score (nSPS) is 19.6. The summed E-state index contributed by atoms with van der Waals surface area (Å²) >= 11 is 0. The number of rotatable bonds is 7. The van der Waals surface area contributed by atoms with Crippen LogP contribution < -0.4 is 20.9 Å². The van der Waals surface area contributed by atoms with Crippen LogP contribution in [0.2, 0.25) is 0 Å². The molecule has 2 aromatic heterocycles. The van der Waals surface area contributed by atoms with Crippen molar-refractivity contribution in [1.29, 1.82) is 0 Å². The highest BCUT2D eigenvalue weighted by atomic mass is 16.5. The molecule has 0 amide bonds. The number of aryl methyl sites for hydroxylation is 1. The third-order valence-corrected chi connectivity index (χ3v) is 6.49. The zero-order valence-corrected chi connectivity index (χ0v) is 19.6. The SMILES string of the molecule is CCOC(=O)c1ccc(N2CCN(CCCn3nnc4c3=C(O)C3=CC=CNC3C=4O)CC2)nc1. The first-order valence-electron chi connectivity index (χ1n) is 11.9. The van der Waals surface area contributed by atoms with Gasteiger partial charge in [-0.2, -0.15) is 0 Å². The van der Waals surface area contributed by atoms with Crippen LogP contribution in [0, 0.1) is 0 Å². The van der Waals surface area contributed by atoms with Crippen molar-refractivity contribution in [2.24, 2.45) is 0 Å². The largest absolute Gasteiger partial charge is 0.507 e. The van der Waals surface area contributed by atoms with Gasteiger partial charge in [0.2, 0.25) is 0 Å². The summed E-state index contributed by atoms with van der Waals surface area (Å²) in [7, 11) is 0. The molecular weight excluding hydrogens is 450 g/mol. The third-order valence-electron chi connectivity index (χ3n) is 6.49. The second kappa shape index (κ2) is 9.79. The monoisotopic (exact) mass is 479 g/mol. The predicted molar refractivity (Wildman–Crippen MR) is 129 cm³/mol. The Morgan fingerprint density at radius 1 is 1.20 bits per heavy atom. The van der Waals surface area contributed by atoms with Crippen LogP contribution in [-0.4, -0.2) is 86.4 Å². The van der Waals surface area contributed by atoms with Gasteiger partial charge in [-0.1, -0.05) is 11.3 Å². The average Bonchev–Trinajstić information content (AvgIpc) is 3.32. The van der Waals surface area contributed by atoms with Gasteiger partial charge in [-0.3, -0.25) is 4.90 Å². The molecule has 0 bridgehead atoms. The van der Waals surface area contributed by atoms with Crippen LogP contribution in [0.15, 0.2) is 42.3 Å². The van der Waals surface area contributed by atoms with Crippen molar-refractivity contribution >= 4 is 23.3 Å². The highest BCUT2D eigenvalue weighted by molar-refractivity contribution is 5.89. The van der Waals surface area contributed by atoms with E-state index in [-0.39, 0.29) is 17.5 Å². The van der Waals surface area contributed by atoms with E-state index in [9.17, 15) is 15.0 Å². The van der Waals surface area contributed by atoms with Gasteiger partial charge in [-0.05, 0) is 37.8 Å². The van der Waals surface area contributed by atoms with Crippen LogP contribution in [0.3, 0.4) is 0 Å². The first-order valence-corrected chi connectivity index (χ1v) is 11.9. The fourth-order valence-electron chi connectivity index (χ4n) is 4.63. The number of aliphatic hydroxyl groups is 2. The molecule has 0 radical (unpaired) electrons. The van der Waals surface area contributed by atoms with E-state index >= 15 is 0 Å². The number of dihydropyridines is 1. The number of aliphatic hydroxyl groups excluding tert-OH is 2. The summed E-state index contributed by atoms with van der Waals surface area (Å²) in [5.74, 6) is 0.668. The first kappa shape index (κ1) is 22.9. The molecule has 184 valence electrons. The van der Waals surface area contributed by atoms with Gasteiger partial charge in [0.05, 0.1) is 12.2 Å². The van der Waals surface area contributed by atoms with E-state index < -0.39 is 6.04 Å². The molecule has 1 saturated heterocycles. The topological polar surface area (TPSA) is 129 Å². The molecular formula is C24H29N7O4. The lowest BCUT2D eigenvalue weighted by molar-refractivity contribution is 0.0526. The molecule has 0 aromatic carbocycles. The maximum atomic E-state index is 11.8. The minimum atomic E-state index is -0.496. The molecule has 5 rings (SSSR count). The summed E-state index contributed by atoms with van der Waals surface area (Å²) in [6, 6.07) is 3.12. The average molecular weight is 480 g/mol. The Morgan fingerprint density at radius 2 is 2.03 bits per heavy atom. The molecule has 2 aromatic rings. The van der Waals surface area contributed by atoms with E-state index in [1.54, 1.807) is 42.2 Å². The van der Waals surface area contributed by atoms with Crippen LogP contribution in [-0.2, 0) is 11.3 Å². The van der Waals surface area contributed by atoms with Crippen LogP contribution in [0.5, 0.6) is 0 Å². The molecule has 1 atom stereocenters. The summed E-state index contributed by atoms with van der Waals surface area (Å²) in [6.45, 7) is 7.07. The number of allylic oxidation sites excluding steroid dienone is 2. The molecule has 11 nitrogen and oxygen atoms in total. The number of piperazine rings is 1. The maximum Gasteiger partial charge on any atom is 0.339 e. The molecule has 2 aliphatic heterocycles. The number of ether oxygens (including phenoxy) is 1. The van der Waals surface area contributed by atoms with Crippen molar-refractivity contribution in [3.8, 4) is 0 Å². The van der Waals surface area contributed by atoms with Crippen molar-refractivity contribution < 1.29 is 19.7 Å². The van der Waals surface area contributed by atoms with Crippen LogP contribution in [0.25, 0.3) is 11.5 Å².